The lowest BCUT2D eigenvalue weighted by molar-refractivity contribution is -0.145. The number of hydrogen-bond donors (Lipinski definition) is 3. The van der Waals surface area contributed by atoms with Crippen LogP contribution in [0, 0.1) is 5.92 Å². The van der Waals surface area contributed by atoms with Crippen LogP contribution in [-0.4, -0.2) is 72.5 Å². The Morgan fingerprint density at radius 1 is 1.02 bits per heavy atom. The monoisotopic (exact) mass is 555 g/mol. The molecule has 2 unspecified atom stereocenters. The van der Waals surface area contributed by atoms with Crippen molar-refractivity contribution in [3.63, 3.8) is 0 Å². The Kier molecular flexibility index (Phi) is 9.89. The summed E-state index contributed by atoms with van der Waals surface area (Å²) in [7, 11) is 4.66. The highest BCUT2D eigenvalue weighted by Gasteiger charge is 2.41. The van der Waals surface area contributed by atoms with E-state index in [2.05, 4.69) is 15.3 Å². The number of nitrogens with one attached hydrogen (secondary N) is 2. The fraction of sp³-hybridized carbons (Fsp3) is 0.586. The molecule has 0 spiro atoms. The molecule has 4 N–H and O–H groups in total. The number of ether oxygens (including phenoxy) is 3. The zero-order valence-corrected chi connectivity index (χ0v) is 23.6. The summed E-state index contributed by atoms with van der Waals surface area (Å²) in [4.78, 5) is 48.8. The van der Waals surface area contributed by atoms with Crippen molar-refractivity contribution in [2.45, 2.75) is 75.8 Å². The number of piperidine rings is 1. The Balaban J connectivity index is 1.64. The number of aromatic nitrogens is 2. The number of nitrogens with two attached hydrogens (primary N) is 1. The van der Waals surface area contributed by atoms with Crippen LogP contribution in [0.15, 0.2) is 24.7 Å². The van der Waals surface area contributed by atoms with E-state index in [1.54, 1.807) is 32.4 Å². The number of hydrogen-bond acceptors (Lipinski definition) is 7. The Morgan fingerprint density at radius 2 is 1.70 bits per heavy atom. The second-order valence-corrected chi connectivity index (χ2v) is 10.6. The van der Waals surface area contributed by atoms with Gasteiger partial charge in [0, 0.05) is 24.9 Å². The van der Waals surface area contributed by atoms with Crippen molar-refractivity contribution < 1.29 is 28.6 Å². The van der Waals surface area contributed by atoms with Crippen molar-refractivity contribution in [3.05, 3.63) is 35.9 Å². The van der Waals surface area contributed by atoms with E-state index >= 15 is 0 Å². The number of imidazole rings is 1. The van der Waals surface area contributed by atoms with Crippen LogP contribution in [0.2, 0.25) is 0 Å². The SMILES string of the molecule is COc1cc(C(C(=O)N2CCCC[C@H]2C(=O)NC(Cc2cnc[nH]2)C(N)=O)C2CCCCC2)cc(OC)c1OC. The van der Waals surface area contributed by atoms with Gasteiger partial charge in [0.15, 0.2) is 11.5 Å². The number of likely N-dealkylation sites (tertiary alicyclic amines) is 1. The highest BCUT2D eigenvalue weighted by molar-refractivity contribution is 5.93. The summed E-state index contributed by atoms with van der Waals surface area (Å²) in [5.74, 6) is -0.0210. The Labute approximate surface area is 235 Å². The molecule has 2 heterocycles. The maximum atomic E-state index is 14.5. The largest absolute Gasteiger partial charge is 0.493 e. The van der Waals surface area contributed by atoms with Crippen LogP contribution in [0.4, 0.5) is 0 Å². The summed E-state index contributed by atoms with van der Waals surface area (Å²) in [6.07, 6.45) is 10.5. The van der Waals surface area contributed by atoms with Crippen molar-refractivity contribution in [3.8, 4) is 17.2 Å². The van der Waals surface area contributed by atoms with E-state index < -0.39 is 23.9 Å². The third-order valence-electron chi connectivity index (χ3n) is 8.16. The Morgan fingerprint density at radius 3 is 2.27 bits per heavy atom. The average Bonchev–Trinajstić information content (AvgIpc) is 3.50. The molecule has 11 heteroatoms. The summed E-state index contributed by atoms with van der Waals surface area (Å²) in [6.45, 7) is 0.465. The lowest BCUT2D eigenvalue weighted by Crippen LogP contribution is -2.57. The molecule has 2 fully saturated rings. The van der Waals surface area contributed by atoms with Crippen molar-refractivity contribution in [2.75, 3.05) is 27.9 Å². The molecule has 0 radical (unpaired) electrons. The molecule has 2 aliphatic rings. The van der Waals surface area contributed by atoms with Gasteiger partial charge < -0.3 is 35.1 Å². The predicted molar refractivity (Wildman–Crippen MR) is 148 cm³/mol. The minimum atomic E-state index is -0.920. The number of primary amides is 1. The minimum absolute atomic E-state index is 0.0924. The molecule has 2 aromatic rings. The van der Waals surface area contributed by atoms with Crippen LogP contribution in [0.3, 0.4) is 0 Å². The van der Waals surface area contributed by atoms with E-state index in [9.17, 15) is 14.4 Å². The zero-order valence-electron chi connectivity index (χ0n) is 23.6. The maximum absolute atomic E-state index is 14.5. The molecule has 1 aliphatic carbocycles. The first kappa shape index (κ1) is 29.2. The summed E-state index contributed by atoms with van der Waals surface area (Å²) in [5.41, 5.74) is 7.09. The summed E-state index contributed by atoms with van der Waals surface area (Å²) in [5, 5.41) is 2.81. The molecule has 1 saturated carbocycles. The van der Waals surface area contributed by atoms with Gasteiger partial charge >= 0.3 is 0 Å². The van der Waals surface area contributed by atoms with Gasteiger partial charge in [0.2, 0.25) is 23.5 Å². The van der Waals surface area contributed by atoms with E-state index in [0.717, 1.165) is 50.5 Å². The third-order valence-corrected chi connectivity index (χ3v) is 8.16. The smallest absolute Gasteiger partial charge is 0.243 e. The Hall–Kier alpha value is -3.76. The molecule has 218 valence electrons. The van der Waals surface area contributed by atoms with Crippen LogP contribution in [0.1, 0.15) is 68.5 Å². The van der Waals surface area contributed by atoms with Crippen LogP contribution in [-0.2, 0) is 20.8 Å². The van der Waals surface area contributed by atoms with Crippen molar-refractivity contribution in [1.29, 1.82) is 0 Å². The molecular weight excluding hydrogens is 514 g/mol. The van der Waals surface area contributed by atoms with Crippen molar-refractivity contribution in [2.24, 2.45) is 11.7 Å². The molecule has 4 rings (SSSR count). The molecule has 0 bridgehead atoms. The summed E-state index contributed by atoms with van der Waals surface area (Å²) < 4.78 is 16.7. The fourth-order valence-corrected chi connectivity index (χ4v) is 6.12. The topological polar surface area (TPSA) is 149 Å². The standard InChI is InChI=1S/C29H41N5O6/c1-38-23-13-19(14-24(39-2)26(23)40-3)25(18-9-5-4-6-10-18)29(37)34-12-8-7-11-22(34)28(36)33-21(27(30)35)15-20-16-31-17-32-20/h13-14,16-18,21-22,25H,4-12,15H2,1-3H3,(H2,30,35)(H,31,32)(H,33,36)/t21?,22-,25?/m0/s1. The van der Waals surface area contributed by atoms with Gasteiger partial charge in [-0.15, -0.1) is 0 Å². The summed E-state index contributed by atoms with van der Waals surface area (Å²) >= 11 is 0. The number of methoxy groups -OCH3 is 3. The average molecular weight is 556 g/mol. The lowest BCUT2D eigenvalue weighted by atomic mass is 9.75. The number of H-pyrrole nitrogens is 1. The molecule has 1 aliphatic heterocycles. The second kappa shape index (κ2) is 13.5. The quantitative estimate of drug-likeness (QED) is 0.386. The molecule has 1 aromatic heterocycles. The van der Waals surface area contributed by atoms with E-state index in [4.69, 9.17) is 19.9 Å². The molecule has 3 atom stereocenters. The second-order valence-electron chi connectivity index (χ2n) is 10.6. The van der Waals surface area contributed by atoms with Crippen LogP contribution in [0.5, 0.6) is 17.2 Å². The molecule has 11 nitrogen and oxygen atoms in total. The first-order valence-corrected chi connectivity index (χ1v) is 14.0. The van der Waals surface area contributed by atoms with E-state index in [0.29, 0.717) is 35.9 Å². The number of carbonyl (C=O) groups is 3. The van der Waals surface area contributed by atoms with Gasteiger partial charge in [0.25, 0.3) is 0 Å². The van der Waals surface area contributed by atoms with Gasteiger partial charge in [-0.2, -0.15) is 0 Å². The van der Waals surface area contributed by atoms with Crippen molar-refractivity contribution in [1.82, 2.24) is 20.2 Å². The van der Waals surface area contributed by atoms with Gasteiger partial charge in [-0.3, -0.25) is 14.4 Å². The fourth-order valence-electron chi connectivity index (χ4n) is 6.12. The van der Waals surface area contributed by atoms with Gasteiger partial charge in [-0.25, -0.2) is 4.98 Å². The highest BCUT2D eigenvalue weighted by atomic mass is 16.5. The van der Waals surface area contributed by atoms with Crippen molar-refractivity contribution >= 4 is 17.7 Å². The number of amides is 3. The van der Waals surface area contributed by atoms with Crippen LogP contribution in [0.25, 0.3) is 0 Å². The lowest BCUT2D eigenvalue weighted by Gasteiger charge is -2.40. The van der Waals surface area contributed by atoms with E-state index in [1.165, 1.54) is 6.33 Å². The van der Waals surface area contributed by atoms with Gasteiger partial charge in [0.1, 0.15) is 12.1 Å². The number of nitrogens with zero attached hydrogens (tertiary/aromatic N) is 2. The van der Waals surface area contributed by atoms with E-state index in [-0.39, 0.29) is 24.2 Å². The molecule has 1 saturated heterocycles. The van der Waals surface area contributed by atoms with Gasteiger partial charge in [-0.05, 0) is 55.7 Å². The predicted octanol–water partition coefficient (Wildman–Crippen LogP) is 2.69. The molecule has 40 heavy (non-hydrogen) atoms. The zero-order chi connectivity index (χ0) is 28.6. The molecular formula is C29H41N5O6. The number of aromatic amines is 1. The third kappa shape index (κ3) is 6.51. The van der Waals surface area contributed by atoms with Gasteiger partial charge in [-0.1, -0.05) is 19.3 Å². The summed E-state index contributed by atoms with van der Waals surface area (Å²) in [6, 6.07) is 2.09. The highest BCUT2D eigenvalue weighted by Crippen LogP contribution is 2.45. The van der Waals surface area contributed by atoms with Crippen LogP contribution < -0.4 is 25.3 Å². The van der Waals surface area contributed by atoms with E-state index in [1.807, 2.05) is 12.1 Å². The maximum Gasteiger partial charge on any atom is 0.243 e. The normalized spacial score (nSPS) is 19.4. The Bertz CT molecular complexity index is 1140. The number of carbonyl (C=O) groups excluding carboxylic acids is 3. The molecule has 1 aromatic carbocycles. The first-order valence-electron chi connectivity index (χ1n) is 14.0. The van der Waals surface area contributed by atoms with Crippen LogP contribution >= 0.6 is 0 Å². The number of benzene rings is 1. The molecule has 3 amide bonds. The van der Waals surface area contributed by atoms with Gasteiger partial charge in [0.05, 0.1) is 33.6 Å². The first-order chi connectivity index (χ1) is 19.4. The number of rotatable bonds is 11. The minimum Gasteiger partial charge on any atom is -0.493 e.